The van der Waals surface area contributed by atoms with Gasteiger partial charge in [0, 0.05) is 6.04 Å². The minimum Gasteiger partial charge on any atom is -0.493 e. The Morgan fingerprint density at radius 3 is 2.65 bits per heavy atom. The Morgan fingerprint density at radius 2 is 2.10 bits per heavy atom. The second-order valence-corrected chi connectivity index (χ2v) is 5.98. The predicted molar refractivity (Wildman–Crippen MR) is 82.8 cm³/mol. The summed E-state index contributed by atoms with van der Waals surface area (Å²) in [6, 6.07) is 8.96. The zero-order valence-corrected chi connectivity index (χ0v) is 13.3. The Balaban J connectivity index is 2.52. The van der Waals surface area contributed by atoms with Gasteiger partial charge < -0.3 is 10.1 Å². The molecule has 1 aromatic rings. The van der Waals surface area contributed by atoms with Crippen molar-refractivity contribution in [3.05, 3.63) is 29.3 Å². The lowest BCUT2D eigenvalue weighted by atomic mass is 9.90. The first kappa shape index (κ1) is 16.5. The van der Waals surface area contributed by atoms with Crippen molar-refractivity contribution in [2.45, 2.75) is 46.6 Å². The topological polar surface area (TPSA) is 45.0 Å². The van der Waals surface area contributed by atoms with Gasteiger partial charge in [0.15, 0.2) is 0 Å². The molecule has 3 heteroatoms. The molecule has 1 unspecified atom stereocenters. The number of ether oxygens (including phenoxy) is 1. The lowest BCUT2D eigenvalue weighted by Gasteiger charge is -2.16. The van der Waals surface area contributed by atoms with Crippen LogP contribution < -0.4 is 10.1 Å². The van der Waals surface area contributed by atoms with Crippen LogP contribution in [-0.4, -0.2) is 13.7 Å². The molecule has 0 bridgehead atoms. The van der Waals surface area contributed by atoms with Crippen LogP contribution in [0.5, 0.6) is 5.75 Å². The highest BCUT2D eigenvalue weighted by molar-refractivity contribution is 5.37. The first-order chi connectivity index (χ1) is 9.39. The van der Waals surface area contributed by atoms with Crippen LogP contribution in [0.3, 0.4) is 0 Å². The maximum absolute atomic E-state index is 8.96. The van der Waals surface area contributed by atoms with Gasteiger partial charge in [0.1, 0.15) is 5.75 Å². The van der Waals surface area contributed by atoms with Crippen molar-refractivity contribution < 1.29 is 4.74 Å². The van der Waals surface area contributed by atoms with Gasteiger partial charge in [-0.2, -0.15) is 5.26 Å². The predicted octanol–water partition coefficient (Wildman–Crippen LogP) is 3.98. The van der Waals surface area contributed by atoms with E-state index in [0.29, 0.717) is 12.6 Å². The van der Waals surface area contributed by atoms with Crippen molar-refractivity contribution in [3.8, 4) is 11.8 Å². The van der Waals surface area contributed by atoms with Crippen LogP contribution in [0.4, 0.5) is 0 Å². The van der Waals surface area contributed by atoms with Crippen LogP contribution in [-0.2, 0) is 0 Å². The van der Waals surface area contributed by atoms with E-state index in [1.54, 1.807) is 0 Å². The average Bonchev–Trinajstić information content (AvgIpc) is 2.44. The third kappa shape index (κ3) is 4.86. The molecular weight excluding hydrogens is 248 g/mol. The van der Waals surface area contributed by atoms with Crippen molar-refractivity contribution >= 4 is 0 Å². The fourth-order valence-electron chi connectivity index (χ4n) is 2.02. The summed E-state index contributed by atoms with van der Waals surface area (Å²) in [4.78, 5) is 0. The van der Waals surface area contributed by atoms with Crippen molar-refractivity contribution in [3.63, 3.8) is 0 Å². The molecule has 0 saturated heterocycles. The molecule has 3 nitrogen and oxygen atoms in total. The van der Waals surface area contributed by atoms with Gasteiger partial charge in [-0.3, -0.25) is 0 Å². The second kappa shape index (κ2) is 7.31. The highest BCUT2D eigenvalue weighted by atomic mass is 16.5. The summed E-state index contributed by atoms with van der Waals surface area (Å²) in [6.45, 7) is 8.80. The monoisotopic (exact) mass is 274 g/mol. The number of rotatable bonds is 7. The van der Waals surface area contributed by atoms with Crippen molar-refractivity contribution in [1.82, 2.24) is 5.32 Å². The lowest BCUT2D eigenvalue weighted by Crippen LogP contribution is -2.12. The number of hydrogen-bond donors (Lipinski definition) is 1. The minimum absolute atomic E-state index is 0.259. The average molecular weight is 274 g/mol. The Kier molecular flexibility index (Phi) is 6.04. The lowest BCUT2D eigenvalue weighted by molar-refractivity contribution is 0.282. The summed E-state index contributed by atoms with van der Waals surface area (Å²) in [5.41, 5.74) is 2.16. The zero-order valence-electron chi connectivity index (χ0n) is 13.3. The van der Waals surface area contributed by atoms with Crippen LogP contribution in [0.15, 0.2) is 18.2 Å². The fraction of sp³-hybridized carbons (Fsp3) is 0.588. The van der Waals surface area contributed by atoms with Crippen LogP contribution in [0.1, 0.15) is 50.8 Å². The van der Waals surface area contributed by atoms with Crippen molar-refractivity contribution in [2.24, 2.45) is 5.41 Å². The molecule has 0 aliphatic rings. The molecule has 0 fully saturated rings. The summed E-state index contributed by atoms with van der Waals surface area (Å²) in [5, 5.41) is 12.2. The van der Waals surface area contributed by atoms with Gasteiger partial charge >= 0.3 is 0 Å². The van der Waals surface area contributed by atoms with Gasteiger partial charge in [0.2, 0.25) is 0 Å². The maximum atomic E-state index is 8.96. The van der Waals surface area contributed by atoms with Crippen molar-refractivity contribution in [2.75, 3.05) is 13.7 Å². The molecule has 1 aromatic carbocycles. The Labute approximate surface area is 123 Å². The molecule has 1 N–H and O–H groups in total. The van der Waals surface area contributed by atoms with Crippen LogP contribution >= 0.6 is 0 Å². The first-order valence-corrected chi connectivity index (χ1v) is 7.21. The number of hydrogen-bond acceptors (Lipinski definition) is 3. The highest BCUT2D eigenvalue weighted by Crippen LogP contribution is 2.24. The van der Waals surface area contributed by atoms with Gasteiger partial charge in [0.25, 0.3) is 0 Å². The molecule has 110 valence electrons. The van der Waals surface area contributed by atoms with Gasteiger partial charge in [-0.25, -0.2) is 0 Å². The molecule has 0 aliphatic heterocycles. The summed E-state index contributed by atoms with van der Waals surface area (Å²) in [7, 11) is 1.96. The SMILES string of the molecule is CNC(C)c1ccc(OCCCC(C)(C)C#N)c(C)c1. The van der Waals surface area contributed by atoms with E-state index in [0.717, 1.165) is 24.2 Å². The first-order valence-electron chi connectivity index (χ1n) is 7.21. The number of nitrogens with one attached hydrogen (secondary N) is 1. The van der Waals surface area contributed by atoms with Crippen LogP contribution in [0.25, 0.3) is 0 Å². The Bertz CT molecular complexity index is 474. The Morgan fingerprint density at radius 1 is 1.40 bits per heavy atom. The summed E-state index contributed by atoms with van der Waals surface area (Å²) in [5.74, 6) is 0.937. The summed E-state index contributed by atoms with van der Waals surface area (Å²) in [6.07, 6.45) is 1.76. The van der Waals surface area contributed by atoms with E-state index < -0.39 is 0 Å². The number of aryl methyl sites for hydroxylation is 1. The molecule has 0 heterocycles. The molecule has 0 aliphatic carbocycles. The van der Waals surface area contributed by atoms with Gasteiger partial charge in [-0.15, -0.1) is 0 Å². The van der Waals surface area contributed by atoms with E-state index in [9.17, 15) is 0 Å². The van der Waals surface area contributed by atoms with E-state index in [1.807, 2.05) is 27.0 Å². The fourth-order valence-corrected chi connectivity index (χ4v) is 2.02. The number of nitrogens with zero attached hydrogens (tertiary/aromatic N) is 1. The van der Waals surface area contributed by atoms with E-state index >= 15 is 0 Å². The van der Waals surface area contributed by atoms with E-state index in [2.05, 4.69) is 37.4 Å². The van der Waals surface area contributed by atoms with Crippen LogP contribution in [0, 0.1) is 23.7 Å². The van der Waals surface area contributed by atoms with E-state index in [-0.39, 0.29) is 5.41 Å². The molecule has 0 spiro atoms. The molecule has 20 heavy (non-hydrogen) atoms. The van der Waals surface area contributed by atoms with Crippen LogP contribution in [0.2, 0.25) is 0 Å². The number of benzene rings is 1. The largest absolute Gasteiger partial charge is 0.493 e. The number of nitriles is 1. The minimum atomic E-state index is -0.259. The molecule has 0 radical (unpaired) electrons. The third-order valence-corrected chi connectivity index (χ3v) is 3.64. The summed E-state index contributed by atoms with van der Waals surface area (Å²) < 4.78 is 5.82. The van der Waals surface area contributed by atoms with E-state index in [1.165, 1.54) is 5.56 Å². The molecule has 0 saturated carbocycles. The Hall–Kier alpha value is -1.53. The highest BCUT2D eigenvalue weighted by Gasteiger charge is 2.15. The molecule has 0 aromatic heterocycles. The van der Waals surface area contributed by atoms with Gasteiger partial charge in [-0.1, -0.05) is 12.1 Å². The van der Waals surface area contributed by atoms with Gasteiger partial charge in [-0.05, 0) is 64.8 Å². The van der Waals surface area contributed by atoms with E-state index in [4.69, 9.17) is 10.00 Å². The molecule has 0 amide bonds. The van der Waals surface area contributed by atoms with Gasteiger partial charge in [0.05, 0.1) is 18.1 Å². The zero-order chi connectivity index (χ0) is 15.2. The normalized spacial score (nSPS) is 12.8. The third-order valence-electron chi connectivity index (χ3n) is 3.64. The maximum Gasteiger partial charge on any atom is 0.122 e. The second-order valence-electron chi connectivity index (χ2n) is 5.98. The molecule has 1 rings (SSSR count). The quantitative estimate of drug-likeness (QED) is 0.765. The van der Waals surface area contributed by atoms with Crippen molar-refractivity contribution in [1.29, 1.82) is 5.26 Å². The summed E-state index contributed by atoms with van der Waals surface area (Å²) >= 11 is 0. The molecular formula is C17H26N2O. The molecule has 1 atom stereocenters. The standard InChI is InChI=1S/C17H26N2O/c1-13-11-15(14(2)19-5)7-8-16(13)20-10-6-9-17(3,4)12-18/h7-8,11,14,19H,6,9-10H2,1-5H3. The smallest absolute Gasteiger partial charge is 0.122 e.